The zero-order valence-electron chi connectivity index (χ0n) is 12.6. The van der Waals surface area contributed by atoms with E-state index >= 15 is 0 Å². The van der Waals surface area contributed by atoms with E-state index in [1.807, 2.05) is 12.1 Å². The molecular weight excluding hydrogens is 258 g/mol. The third kappa shape index (κ3) is 2.72. The highest BCUT2D eigenvalue weighted by atomic mass is 15.3. The lowest BCUT2D eigenvalue weighted by atomic mass is 10.1. The van der Waals surface area contributed by atoms with E-state index in [1.165, 1.54) is 11.1 Å². The van der Waals surface area contributed by atoms with Crippen molar-refractivity contribution in [3.63, 3.8) is 0 Å². The highest BCUT2D eigenvalue weighted by molar-refractivity contribution is 6.24. The van der Waals surface area contributed by atoms with Gasteiger partial charge in [-0.05, 0) is 31.9 Å². The summed E-state index contributed by atoms with van der Waals surface area (Å²) in [5.74, 6) is 0. The van der Waals surface area contributed by atoms with Crippen LogP contribution in [0.2, 0.25) is 0 Å². The Morgan fingerprint density at radius 2 is 1.29 bits per heavy atom. The molecule has 1 aliphatic rings. The van der Waals surface area contributed by atoms with Gasteiger partial charge in [0.1, 0.15) is 6.34 Å². The molecule has 3 nitrogen and oxygen atoms in total. The van der Waals surface area contributed by atoms with Crippen molar-refractivity contribution in [1.82, 2.24) is 5.43 Å². The summed E-state index contributed by atoms with van der Waals surface area (Å²) < 4.78 is 0. The van der Waals surface area contributed by atoms with Crippen molar-refractivity contribution in [2.75, 3.05) is 0 Å². The number of aliphatic imine (C=N–C) groups is 1. The summed E-state index contributed by atoms with van der Waals surface area (Å²) in [6, 6.07) is 16.7. The van der Waals surface area contributed by atoms with Gasteiger partial charge in [0.25, 0.3) is 0 Å². The molecule has 0 saturated heterocycles. The first-order valence-corrected chi connectivity index (χ1v) is 7.12. The molecule has 21 heavy (non-hydrogen) atoms. The van der Waals surface area contributed by atoms with Gasteiger partial charge < -0.3 is 0 Å². The van der Waals surface area contributed by atoms with Crippen LogP contribution in [0, 0.1) is 0 Å². The van der Waals surface area contributed by atoms with Gasteiger partial charge in [-0.1, -0.05) is 48.5 Å². The number of nitrogens with one attached hydrogen (secondary N) is 1. The fraction of sp³-hybridized carbons (Fsp3) is 0.222. The summed E-state index contributed by atoms with van der Waals surface area (Å²) in [6.07, 6.45) is 1.66. The van der Waals surface area contributed by atoms with Crippen molar-refractivity contribution >= 4 is 12.1 Å². The van der Waals surface area contributed by atoms with Gasteiger partial charge in [0.05, 0.1) is 11.3 Å². The van der Waals surface area contributed by atoms with Crippen LogP contribution in [0.3, 0.4) is 0 Å². The normalized spacial score (nSPS) is 13.2. The molecule has 0 heterocycles. The van der Waals surface area contributed by atoms with Crippen molar-refractivity contribution in [1.29, 1.82) is 0 Å². The SMILES string of the molecule is CC(C)(C)N=CNN=C1c2ccccc2-c2ccccc21. The number of hydrogen-bond donors (Lipinski definition) is 1. The molecule has 3 rings (SSSR count). The molecule has 0 atom stereocenters. The van der Waals surface area contributed by atoms with Crippen molar-refractivity contribution in [2.45, 2.75) is 26.3 Å². The van der Waals surface area contributed by atoms with Gasteiger partial charge in [0.15, 0.2) is 0 Å². The molecule has 106 valence electrons. The van der Waals surface area contributed by atoms with E-state index in [-0.39, 0.29) is 5.54 Å². The van der Waals surface area contributed by atoms with Gasteiger partial charge in [0.2, 0.25) is 0 Å². The van der Waals surface area contributed by atoms with E-state index in [4.69, 9.17) is 0 Å². The monoisotopic (exact) mass is 277 g/mol. The lowest BCUT2D eigenvalue weighted by Crippen LogP contribution is -2.15. The van der Waals surface area contributed by atoms with Gasteiger partial charge in [-0.25, -0.2) is 0 Å². The first kappa shape index (κ1) is 13.6. The molecule has 0 amide bonds. The highest BCUT2D eigenvalue weighted by Gasteiger charge is 2.23. The van der Waals surface area contributed by atoms with Crippen LogP contribution in [0.1, 0.15) is 31.9 Å². The van der Waals surface area contributed by atoms with E-state index in [0.29, 0.717) is 0 Å². The third-order valence-electron chi connectivity index (χ3n) is 3.34. The standard InChI is InChI=1S/C18H19N3/c1-18(2,3)19-12-20-21-17-15-10-6-4-8-13(15)14-9-5-7-11-16(14)17/h4-12H,1-3H3,(H,19,20). The molecule has 3 heteroatoms. The maximum atomic E-state index is 4.53. The van der Waals surface area contributed by atoms with Gasteiger partial charge in [-0.2, -0.15) is 5.10 Å². The van der Waals surface area contributed by atoms with Gasteiger partial charge in [-0.15, -0.1) is 0 Å². The molecule has 0 bridgehead atoms. The lowest BCUT2D eigenvalue weighted by Gasteiger charge is -2.10. The Labute approximate surface area is 125 Å². The van der Waals surface area contributed by atoms with E-state index in [9.17, 15) is 0 Å². The molecule has 0 aliphatic heterocycles. The Hall–Kier alpha value is -2.42. The van der Waals surface area contributed by atoms with Crippen LogP contribution in [-0.2, 0) is 0 Å². The molecular formula is C18H19N3. The van der Waals surface area contributed by atoms with Crippen molar-refractivity contribution in [2.24, 2.45) is 10.1 Å². The average Bonchev–Trinajstić information content (AvgIpc) is 2.77. The number of hydrazone groups is 1. The summed E-state index contributed by atoms with van der Waals surface area (Å²) >= 11 is 0. The van der Waals surface area contributed by atoms with Crippen molar-refractivity contribution < 1.29 is 0 Å². The maximum Gasteiger partial charge on any atom is 0.104 e. The van der Waals surface area contributed by atoms with E-state index < -0.39 is 0 Å². The van der Waals surface area contributed by atoms with E-state index in [2.05, 4.69) is 72.7 Å². The maximum absolute atomic E-state index is 4.53. The average molecular weight is 277 g/mol. The zero-order chi connectivity index (χ0) is 14.9. The molecule has 0 unspecified atom stereocenters. The van der Waals surface area contributed by atoms with Crippen molar-refractivity contribution in [3.8, 4) is 11.1 Å². The highest BCUT2D eigenvalue weighted by Crippen LogP contribution is 2.36. The minimum atomic E-state index is -0.0985. The largest absolute Gasteiger partial charge is 0.268 e. The number of fused-ring (bicyclic) bond motifs is 3. The fourth-order valence-electron chi connectivity index (χ4n) is 2.43. The Balaban J connectivity index is 1.97. The topological polar surface area (TPSA) is 36.8 Å². The molecule has 2 aromatic carbocycles. The fourth-order valence-corrected chi connectivity index (χ4v) is 2.43. The first-order chi connectivity index (χ1) is 10.1. The summed E-state index contributed by atoms with van der Waals surface area (Å²) in [5.41, 5.74) is 8.64. The Morgan fingerprint density at radius 1 is 0.810 bits per heavy atom. The minimum Gasteiger partial charge on any atom is -0.268 e. The van der Waals surface area contributed by atoms with Crippen LogP contribution >= 0.6 is 0 Å². The smallest absolute Gasteiger partial charge is 0.104 e. The predicted molar refractivity (Wildman–Crippen MR) is 88.9 cm³/mol. The quantitative estimate of drug-likeness (QED) is 0.431. The number of hydrogen-bond acceptors (Lipinski definition) is 2. The van der Waals surface area contributed by atoms with Crippen LogP contribution < -0.4 is 5.43 Å². The van der Waals surface area contributed by atoms with Gasteiger partial charge in [0, 0.05) is 11.1 Å². The van der Waals surface area contributed by atoms with Crippen LogP contribution in [0.5, 0.6) is 0 Å². The summed E-state index contributed by atoms with van der Waals surface area (Å²) in [4.78, 5) is 4.39. The van der Waals surface area contributed by atoms with Crippen molar-refractivity contribution in [3.05, 3.63) is 59.7 Å². The predicted octanol–water partition coefficient (Wildman–Crippen LogP) is 3.84. The molecule has 1 N–H and O–H groups in total. The van der Waals surface area contributed by atoms with Gasteiger partial charge in [-0.3, -0.25) is 10.4 Å². The minimum absolute atomic E-state index is 0.0985. The van der Waals surface area contributed by atoms with Crippen LogP contribution in [0.4, 0.5) is 0 Å². The summed E-state index contributed by atoms with van der Waals surface area (Å²) in [7, 11) is 0. The molecule has 2 aromatic rings. The molecule has 0 spiro atoms. The first-order valence-electron chi connectivity index (χ1n) is 7.12. The Kier molecular flexibility index (Phi) is 3.34. The molecule has 0 fully saturated rings. The molecule has 1 aliphatic carbocycles. The Morgan fingerprint density at radius 3 is 1.76 bits per heavy atom. The second-order valence-electron chi connectivity index (χ2n) is 6.11. The second-order valence-corrected chi connectivity index (χ2v) is 6.11. The lowest BCUT2D eigenvalue weighted by molar-refractivity contribution is 0.583. The van der Waals surface area contributed by atoms with Crippen LogP contribution in [0.25, 0.3) is 11.1 Å². The molecule has 0 radical (unpaired) electrons. The molecule has 0 saturated carbocycles. The summed E-state index contributed by atoms with van der Waals surface area (Å²) in [6.45, 7) is 6.16. The zero-order valence-corrected chi connectivity index (χ0v) is 12.6. The van der Waals surface area contributed by atoms with E-state index in [0.717, 1.165) is 16.8 Å². The summed E-state index contributed by atoms with van der Waals surface area (Å²) in [5, 5.41) is 4.53. The van der Waals surface area contributed by atoms with Crippen LogP contribution in [0.15, 0.2) is 58.6 Å². The molecule has 0 aromatic heterocycles. The number of benzene rings is 2. The third-order valence-corrected chi connectivity index (χ3v) is 3.34. The number of rotatable bonds is 2. The number of nitrogens with zero attached hydrogens (tertiary/aromatic N) is 2. The Bertz CT molecular complexity index is 674. The van der Waals surface area contributed by atoms with Crippen LogP contribution in [-0.4, -0.2) is 17.6 Å². The second kappa shape index (κ2) is 5.17. The van der Waals surface area contributed by atoms with Gasteiger partial charge >= 0.3 is 0 Å². The van der Waals surface area contributed by atoms with E-state index in [1.54, 1.807) is 6.34 Å².